The van der Waals surface area contributed by atoms with Crippen LogP contribution in [0.15, 0.2) is 48.7 Å². The summed E-state index contributed by atoms with van der Waals surface area (Å²) < 4.78 is 0. The number of nitrogens with one attached hydrogen (secondary N) is 2. The van der Waals surface area contributed by atoms with E-state index < -0.39 is 0 Å². The molecule has 2 aliphatic rings. The number of pyridine rings is 1. The van der Waals surface area contributed by atoms with Crippen LogP contribution < -0.4 is 10.6 Å². The van der Waals surface area contributed by atoms with E-state index in [1.807, 2.05) is 36.5 Å². The molecule has 6 heteroatoms. The lowest BCUT2D eigenvalue weighted by Gasteiger charge is -2.35. The third-order valence-electron chi connectivity index (χ3n) is 6.00. The number of rotatable bonds is 4. The third-order valence-corrected chi connectivity index (χ3v) is 6.00. The predicted octanol–water partition coefficient (Wildman–Crippen LogP) is 3.07. The van der Waals surface area contributed by atoms with Crippen molar-refractivity contribution in [2.45, 2.75) is 50.6 Å². The summed E-state index contributed by atoms with van der Waals surface area (Å²) >= 11 is 0. The van der Waals surface area contributed by atoms with E-state index in [1.54, 1.807) is 0 Å². The summed E-state index contributed by atoms with van der Waals surface area (Å²) in [6.07, 6.45) is 5.36. The van der Waals surface area contributed by atoms with E-state index in [1.165, 1.54) is 6.92 Å². The third kappa shape index (κ3) is 4.48. The van der Waals surface area contributed by atoms with Gasteiger partial charge in [0.15, 0.2) is 0 Å². The molecule has 4 rings (SSSR count). The highest BCUT2D eigenvalue weighted by Crippen LogP contribution is 2.41. The van der Waals surface area contributed by atoms with Crippen molar-refractivity contribution in [3.05, 3.63) is 59.9 Å². The first-order valence-corrected chi connectivity index (χ1v) is 10.3. The fraction of sp³-hybridized carbons (Fsp3) is 0.435. The Morgan fingerprint density at radius 3 is 2.97 bits per heavy atom. The van der Waals surface area contributed by atoms with Gasteiger partial charge < -0.3 is 10.6 Å². The quantitative estimate of drug-likeness (QED) is 0.839. The van der Waals surface area contributed by atoms with Crippen LogP contribution in [0.5, 0.6) is 0 Å². The van der Waals surface area contributed by atoms with Crippen LogP contribution >= 0.6 is 0 Å². The average Bonchev–Trinajstić information content (AvgIpc) is 2.91. The van der Waals surface area contributed by atoms with Crippen LogP contribution in [0.4, 0.5) is 5.69 Å². The van der Waals surface area contributed by atoms with E-state index in [4.69, 9.17) is 0 Å². The number of anilines is 1. The first-order valence-electron chi connectivity index (χ1n) is 10.3. The van der Waals surface area contributed by atoms with Gasteiger partial charge in [-0.25, -0.2) is 0 Å². The van der Waals surface area contributed by atoms with Gasteiger partial charge in [-0.2, -0.15) is 0 Å². The van der Waals surface area contributed by atoms with Crippen LogP contribution in [0.25, 0.3) is 0 Å². The summed E-state index contributed by atoms with van der Waals surface area (Å²) in [4.78, 5) is 30.9. The summed E-state index contributed by atoms with van der Waals surface area (Å²) in [5.41, 5.74) is 2.71. The molecule has 1 aromatic carbocycles. The van der Waals surface area contributed by atoms with Gasteiger partial charge in [-0.3, -0.25) is 19.5 Å². The van der Waals surface area contributed by atoms with Crippen molar-refractivity contribution in [1.29, 1.82) is 0 Å². The second-order valence-corrected chi connectivity index (χ2v) is 8.26. The SMILES string of the molecule is CC(=O)Nc1cccc([C@@H]2CN(Cc3ccccn3)C[C@]23CCCCC(=O)N3)c1. The van der Waals surface area contributed by atoms with E-state index in [-0.39, 0.29) is 23.3 Å². The van der Waals surface area contributed by atoms with Gasteiger partial charge in [-0.05, 0) is 42.7 Å². The van der Waals surface area contributed by atoms with Gasteiger partial charge in [0.25, 0.3) is 0 Å². The van der Waals surface area contributed by atoms with Crippen molar-refractivity contribution < 1.29 is 9.59 Å². The number of carbonyl (C=O) groups is 2. The molecular weight excluding hydrogens is 364 g/mol. The normalized spacial score (nSPS) is 24.9. The Morgan fingerprint density at radius 2 is 2.17 bits per heavy atom. The minimum Gasteiger partial charge on any atom is -0.349 e. The summed E-state index contributed by atoms with van der Waals surface area (Å²) in [6, 6.07) is 14.0. The van der Waals surface area contributed by atoms with Crippen molar-refractivity contribution in [3.63, 3.8) is 0 Å². The van der Waals surface area contributed by atoms with Gasteiger partial charge >= 0.3 is 0 Å². The Kier molecular flexibility index (Phi) is 5.62. The molecule has 1 spiro atoms. The van der Waals surface area contributed by atoms with E-state index in [0.29, 0.717) is 6.42 Å². The number of carbonyl (C=O) groups excluding carboxylic acids is 2. The Morgan fingerprint density at radius 1 is 1.28 bits per heavy atom. The van der Waals surface area contributed by atoms with Crippen LogP contribution in [0.3, 0.4) is 0 Å². The van der Waals surface area contributed by atoms with E-state index in [0.717, 1.165) is 55.8 Å². The van der Waals surface area contributed by atoms with E-state index in [2.05, 4.69) is 32.7 Å². The summed E-state index contributed by atoms with van der Waals surface area (Å²) in [6.45, 7) is 3.94. The molecule has 1 aromatic heterocycles. The van der Waals surface area contributed by atoms with Crippen molar-refractivity contribution in [2.24, 2.45) is 0 Å². The number of amides is 2. The highest BCUT2D eigenvalue weighted by atomic mass is 16.2. The molecule has 2 N–H and O–H groups in total. The maximum absolute atomic E-state index is 12.5. The minimum atomic E-state index is -0.281. The topological polar surface area (TPSA) is 74.3 Å². The molecule has 0 bridgehead atoms. The molecule has 2 aliphatic heterocycles. The van der Waals surface area contributed by atoms with Crippen LogP contribution in [0, 0.1) is 0 Å². The molecule has 152 valence electrons. The zero-order chi connectivity index (χ0) is 20.3. The Labute approximate surface area is 171 Å². The molecule has 2 aromatic rings. The zero-order valence-corrected chi connectivity index (χ0v) is 16.9. The maximum atomic E-state index is 12.5. The van der Waals surface area contributed by atoms with E-state index in [9.17, 15) is 9.59 Å². The maximum Gasteiger partial charge on any atom is 0.221 e. The predicted molar refractivity (Wildman–Crippen MR) is 112 cm³/mol. The fourth-order valence-corrected chi connectivity index (χ4v) is 4.82. The van der Waals surface area contributed by atoms with Crippen molar-refractivity contribution in [2.75, 3.05) is 18.4 Å². The second-order valence-electron chi connectivity index (χ2n) is 8.26. The fourth-order valence-electron chi connectivity index (χ4n) is 4.82. The molecule has 2 fully saturated rings. The van der Waals surface area contributed by atoms with Gasteiger partial charge in [0.1, 0.15) is 0 Å². The van der Waals surface area contributed by atoms with Crippen molar-refractivity contribution >= 4 is 17.5 Å². The molecule has 0 aliphatic carbocycles. The molecule has 3 heterocycles. The van der Waals surface area contributed by atoms with Crippen LogP contribution in [-0.2, 0) is 16.1 Å². The van der Waals surface area contributed by atoms with Gasteiger partial charge in [0.05, 0.1) is 11.2 Å². The molecule has 0 radical (unpaired) electrons. The molecule has 2 saturated heterocycles. The number of likely N-dealkylation sites (tertiary alicyclic amines) is 1. The van der Waals surface area contributed by atoms with Gasteiger partial charge in [-0.15, -0.1) is 0 Å². The first kappa shape index (κ1) is 19.6. The monoisotopic (exact) mass is 392 g/mol. The lowest BCUT2D eigenvalue weighted by molar-refractivity contribution is -0.122. The number of hydrogen-bond donors (Lipinski definition) is 2. The first-order chi connectivity index (χ1) is 14.0. The van der Waals surface area contributed by atoms with Crippen LogP contribution in [0.1, 0.15) is 49.8 Å². The lowest BCUT2D eigenvalue weighted by atomic mass is 9.79. The molecule has 0 saturated carbocycles. The summed E-state index contributed by atoms with van der Waals surface area (Å²) in [7, 11) is 0. The molecule has 2 atom stereocenters. The summed E-state index contributed by atoms with van der Waals surface area (Å²) in [5.74, 6) is 0.231. The van der Waals surface area contributed by atoms with Gasteiger partial charge in [0.2, 0.25) is 11.8 Å². The Balaban J connectivity index is 1.65. The standard InChI is InChI=1S/C23H28N4O2/c1-17(28)25-19-9-6-7-18(13-19)21-15-27(14-20-8-3-5-12-24-20)16-23(21)11-4-2-10-22(29)26-23/h3,5-9,12-13,21H,2,4,10-11,14-16H2,1H3,(H,25,28)(H,26,29)/t21-,23+/m0/s1. The van der Waals surface area contributed by atoms with Crippen LogP contribution in [-0.4, -0.2) is 40.3 Å². The lowest BCUT2D eigenvalue weighted by Crippen LogP contribution is -2.52. The number of nitrogens with zero attached hydrogens (tertiary/aromatic N) is 2. The highest BCUT2D eigenvalue weighted by molar-refractivity contribution is 5.88. The average molecular weight is 393 g/mol. The van der Waals surface area contributed by atoms with Crippen molar-refractivity contribution in [3.8, 4) is 0 Å². The highest BCUT2D eigenvalue weighted by Gasteiger charge is 2.48. The Bertz CT molecular complexity index is 885. The van der Waals surface area contributed by atoms with Crippen molar-refractivity contribution in [1.82, 2.24) is 15.2 Å². The molecule has 2 amide bonds. The number of aromatic nitrogens is 1. The molecule has 0 unspecified atom stereocenters. The Hall–Kier alpha value is -2.73. The largest absolute Gasteiger partial charge is 0.349 e. The molecule has 6 nitrogen and oxygen atoms in total. The second kappa shape index (κ2) is 8.33. The summed E-state index contributed by atoms with van der Waals surface area (Å²) in [5, 5.41) is 6.27. The van der Waals surface area contributed by atoms with Gasteiger partial charge in [-0.1, -0.05) is 24.6 Å². The van der Waals surface area contributed by atoms with E-state index >= 15 is 0 Å². The minimum absolute atomic E-state index is 0.0807. The number of benzene rings is 1. The smallest absolute Gasteiger partial charge is 0.221 e. The van der Waals surface area contributed by atoms with Crippen LogP contribution in [0.2, 0.25) is 0 Å². The number of hydrogen-bond acceptors (Lipinski definition) is 4. The molecular formula is C23H28N4O2. The zero-order valence-electron chi connectivity index (χ0n) is 16.9. The van der Waals surface area contributed by atoms with Gasteiger partial charge in [0, 0.05) is 50.8 Å². The molecule has 29 heavy (non-hydrogen) atoms.